The highest BCUT2D eigenvalue weighted by molar-refractivity contribution is 5.94. The zero-order valence-electron chi connectivity index (χ0n) is 34.0. The summed E-state index contributed by atoms with van der Waals surface area (Å²) in [6.45, 7) is 0. The first-order valence-corrected chi connectivity index (χ1v) is 20.6. The van der Waals surface area contributed by atoms with Crippen molar-refractivity contribution < 1.29 is 15.3 Å². The summed E-state index contributed by atoms with van der Waals surface area (Å²) in [6, 6.07) is 68.2. The minimum absolute atomic E-state index is 0.137. The van der Waals surface area contributed by atoms with Crippen LogP contribution in [0.3, 0.4) is 0 Å². The third kappa shape index (κ3) is 8.04. The lowest BCUT2D eigenvalue weighted by molar-refractivity contribution is 0.472. The van der Waals surface area contributed by atoms with Crippen molar-refractivity contribution in [1.29, 1.82) is 0 Å². The van der Waals surface area contributed by atoms with Gasteiger partial charge in [0, 0.05) is 16.7 Å². The fourth-order valence-corrected chi connectivity index (χ4v) is 8.19. The van der Waals surface area contributed by atoms with Crippen LogP contribution in [0.2, 0.25) is 0 Å². The van der Waals surface area contributed by atoms with Gasteiger partial charge >= 0.3 is 0 Å². The molecule has 0 aliphatic carbocycles. The van der Waals surface area contributed by atoms with Crippen LogP contribution in [-0.4, -0.2) is 30.3 Å². The lowest BCUT2D eigenvalue weighted by atomic mass is 9.86. The number of pyridine rings is 3. The standard InChI is InChI=1S/C57H39N3O3/c61-46-25-28-55(58-34-46)40-19-13-37(14-20-40)49-7-1-4-10-52(49)43-31-44(53-11-5-2-8-50(53)38-15-21-41(22-16-38)56-29-26-47(62)35-59-56)33-45(32-43)54-12-6-3-9-51(54)39-17-23-42(24-18-39)57-30-27-48(63)36-60-57/h1-36,61-63H. The first kappa shape index (κ1) is 38.6. The average molecular weight is 814 g/mol. The van der Waals surface area contributed by atoms with Crippen LogP contribution >= 0.6 is 0 Å². The maximum atomic E-state index is 9.80. The van der Waals surface area contributed by atoms with Gasteiger partial charge in [-0.1, -0.05) is 146 Å². The number of aromatic nitrogens is 3. The van der Waals surface area contributed by atoms with Crippen molar-refractivity contribution in [3.05, 3.63) is 219 Å². The molecule has 3 N–H and O–H groups in total. The van der Waals surface area contributed by atoms with Crippen LogP contribution in [0.25, 0.3) is 101 Å². The molecule has 7 aromatic carbocycles. The van der Waals surface area contributed by atoms with E-state index in [1.807, 2.05) is 18.2 Å². The van der Waals surface area contributed by atoms with Gasteiger partial charge in [-0.15, -0.1) is 0 Å². The second-order valence-corrected chi connectivity index (χ2v) is 15.4. The Hall–Kier alpha value is -8.61. The highest BCUT2D eigenvalue weighted by atomic mass is 16.3. The van der Waals surface area contributed by atoms with Gasteiger partial charge in [-0.25, -0.2) is 0 Å². The Bertz CT molecular complexity index is 2840. The Morgan fingerprint density at radius 1 is 0.222 bits per heavy atom. The molecule has 0 aliphatic heterocycles. The SMILES string of the molecule is Oc1ccc(-c2ccc(-c3ccccc3-c3cc(-c4ccccc4-c4ccc(-c5ccc(O)cn5)cc4)cc(-c4ccccc4-c4ccc(-c5ccc(O)cn5)cc4)c3)cc2)nc1. The van der Waals surface area contributed by atoms with E-state index in [-0.39, 0.29) is 17.2 Å². The topological polar surface area (TPSA) is 99.4 Å². The zero-order chi connectivity index (χ0) is 42.7. The minimum atomic E-state index is 0.137. The summed E-state index contributed by atoms with van der Waals surface area (Å²) in [5.74, 6) is 0.412. The molecule has 0 saturated carbocycles. The molecule has 0 radical (unpaired) electrons. The summed E-state index contributed by atoms with van der Waals surface area (Å²) >= 11 is 0. The van der Waals surface area contributed by atoms with Crippen LogP contribution in [0.5, 0.6) is 17.2 Å². The predicted molar refractivity (Wildman–Crippen MR) is 254 cm³/mol. The third-order valence-electron chi connectivity index (χ3n) is 11.4. The number of hydrogen-bond donors (Lipinski definition) is 3. The Morgan fingerprint density at radius 2 is 0.444 bits per heavy atom. The molecular formula is C57H39N3O3. The minimum Gasteiger partial charge on any atom is -0.506 e. The van der Waals surface area contributed by atoms with E-state index in [4.69, 9.17) is 0 Å². The highest BCUT2D eigenvalue weighted by Gasteiger charge is 2.17. The summed E-state index contributed by atoms with van der Waals surface area (Å²) < 4.78 is 0. The largest absolute Gasteiger partial charge is 0.506 e. The zero-order valence-corrected chi connectivity index (χ0v) is 34.0. The van der Waals surface area contributed by atoms with Crippen LogP contribution in [0.15, 0.2) is 219 Å². The smallest absolute Gasteiger partial charge is 0.133 e. The van der Waals surface area contributed by atoms with Gasteiger partial charge in [-0.05, 0) is 121 Å². The molecule has 10 rings (SSSR count). The monoisotopic (exact) mass is 813 g/mol. The van der Waals surface area contributed by atoms with Crippen LogP contribution < -0.4 is 0 Å². The Morgan fingerprint density at radius 3 is 0.667 bits per heavy atom. The Labute approximate surface area is 365 Å². The van der Waals surface area contributed by atoms with Gasteiger partial charge in [-0.3, -0.25) is 15.0 Å². The second-order valence-electron chi connectivity index (χ2n) is 15.4. The molecule has 300 valence electrons. The van der Waals surface area contributed by atoms with Gasteiger partial charge in [-0.2, -0.15) is 0 Å². The predicted octanol–water partition coefficient (Wildman–Crippen LogP) is 14.0. The van der Waals surface area contributed by atoms with E-state index in [2.05, 4.69) is 179 Å². The van der Waals surface area contributed by atoms with E-state index in [9.17, 15) is 15.3 Å². The van der Waals surface area contributed by atoms with E-state index in [0.717, 1.165) is 101 Å². The lowest BCUT2D eigenvalue weighted by Gasteiger charge is -2.18. The number of nitrogens with zero attached hydrogens (tertiary/aromatic N) is 3. The summed E-state index contributed by atoms with van der Waals surface area (Å²) in [5, 5.41) is 29.4. The van der Waals surface area contributed by atoms with Gasteiger partial charge in [0.05, 0.1) is 35.7 Å². The van der Waals surface area contributed by atoms with Gasteiger partial charge in [0.15, 0.2) is 0 Å². The molecule has 63 heavy (non-hydrogen) atoms. The first-order chi connectivity index (χ1) is 30.9. The Kier molecular flexibility index (Phi) is 10.3. The molecule has 0 unspecified atom stereocenters. The van der Waals surface area contributed by atoms with E-state index < -0.39 is 0 Å². The lowest BCUT2D eigenvalue weighted by Crippen LogP contribution is -1.92. The van der Waals surface area contributed by atoms with Gasteiger partial charge in [0.25, 0.3) is 0 Å². The molecule has 10 aromatic rings. The number of rotatable bonds is 9. The van der Waals surface area contributed by atoms with Gasteiger partial charge < -0.3 is 15.3 Å². The molecule has 0 bridgehead atoms. The fraction of sp³-hybridized carbons (Fsp3) is 0. The third-order valence-corrected chi connectivity index (χ3v) is 11.4. The van der Waals surface area contributed by atoms with Crippen molar-refractivity contribution in [2.24, 2.45) is 0 Å². The molecule has 6 heteroatoms. The maximum Gasteiger partial charge on any atom is 0.133 e. The van der Waals surface area contributed by atoms with Crippen molar-refractivity contribution in [3.8, 4) is 118 Å². The molecule has 0 saturated heterocycles. The van der Waals surface area contributed by atoms with Crippen LogP contribution in [0, 0.1) is 0 Å². The molecule has 0 amide bonds. The van der Waals surface area contributed by atoms with E-state index in [1.165, 1.54) is 18.6 Å². The van der Waals surface area contributed by atoms with Crippen molar-refractivity contribution in [1.82, 2.24) is 15.0 Å². The van der Waals surface area contributed by atoms with Crippen molar-refractivity contribution in [2.45, 2.75) is 0 Å². The highest BCUT2D eigenvalue weighted by Crippen LogP contribution is 2.43. The fourth-order valence-electron chi connectivity index (χ4n) is 8.19. The van der Waals surface area contributed by atoms with E-state index in [0.29, 0.717) is 0 Å². The van der Waals surface area contributed by atoms with Crippen LogP contribution in [-0.2, 0) is 0 Å². The summed E-state index contributed by atoms with van der Waals surface area (Å²) in [6.07, 6.45) is 4.40. The van der Waals surface area contributed by atoms with Crippen LogP contribution in [0.4, 0.5) is 0 Å². The molecule has 0 spiro atoms. The molecule has 0 aliphatic rings. The number of benzene rings is 7. The first-order valence-electron chi connectivity index (χ1n) is 20.6. The summed E-state index contributed by atoms with van der Waals surface area (Å²) in [7, 11) is 0. The molecule has 6 nitrogen and oxygen atoms in total. The average Bonchev–Trinajstić information content (AvgIpc) is 3.35. The van der Waals surface area contributed by atoms with Gasteiger partial charge in [0.2, 0.25) is 0 Å². The quantitative estimate of drug-likeness (QED) is 0.134. The number of hydrogen-bond acceptors (Lipinski definition) is 6. The normalized spacial score (nSPS) is 11.0. The van der Waals surface area contributed by atoms with Crippen molar-refractivity contribution in [2.75, 3.05) is 0 Å². The molecule has 3 heterocycles. The van der Waals surface area contributed by atoms with E-state index in [1.54, 1.807) is 18.2 Å². The summed E-state index contributed by atoms with van der Waals surface area (Å²) in [4.78, 5) is 13.3. The second kappa shape index (κ2) is 16.8. The van der Waals surface area contributed by atoms with Crippen molar-refractivity contribution >= 4 is 0 Å². The molecule has 0 atom stereocenters. The van der Waals surface area contributed by atoms with Gasteiger partial charge in [0.1, 0.15) is 17.2 Å². The molecule has 3 aromatic heterocycles. The summed E-state index contributed by atoms with van der Waals surface area (Å²) in [5.41, 5.74) is 18.3. The maximum absolute atomic E-state index is 9.80. The van der Waals surface area contributed by atoms with Crippen LogP contribution in [0.1, 0.15) is 0 Å². The number of aromatic hydroxyl groups is 3. The Balaban J connectivity index is 1.10. The molecular weight excluding hydrogens is 775 g/mol. The van der Waals surface area contributed by atoms with E-state index >= 15 is 0 Å². The van der Waals surface area contributed by atoms with Crippen molar-refractivity contribution in [3.63, 3.8) is 0 Å². The molecule has 0 fully saturated rings.